The van der Waals surface area contributed by atoms with E-state index in [1.807, 2.05) is 12.1 Å². The molecule has 1 amide bonds. The van der Waals surface area contributed by atoms with Crippen LogP contribution in [0.5, 0.6) is 0 Å². The second-order valence-electron chi connectivity index (χ2n) is 4.84. The number of aromatic nitrogens is 2. The Morgan fingerprint density at radius 1 is 1.18 bits per heavy atom. The van der Waals surface area contributed by atoms with Crippen LogP contribution < -0.4 is 5.32 Å². The Labute approximate surface area is 133 Å². The summed E-state index contributed by atoms with van der Waals surface area (Å²) in [5.41, 5.74) is 1.15. The number of hydrogen-bond donors (Lipinski definition) is 1. The number of rotatable bonds is 3. The standard InChI is InChI=1S/C15H15ClN4O2/c16-11-2-1-3-12(10-11)17-14-5-4-13(18-19-14)15(21)20-6-8-22-9-7-20/h1-5,10H,6-9H2,(H,17,19). The lowest BCUT2D eigenvalue weighted by molar-refractivity contribution is 0.0298. The largest absolute Gasteiger partial charge is 0.378 e. The highest BCUT2D eigenvalue weighted by molar-refractivity contribution is 6.30. The van der Waals surface area contributed by atoms with E-state index in [9.17, 15) is 4.79 Å². The number of morpholine rings is 1. The summed E-state index contributed by atoms with van der Waals surface area (Å²) in [5, 5.41) is 11.8. The maximum Gasteiger partial charge on any atom is 0.274 e. The van der Waals surface area contributed by atoms with E-state index in [0.29, 0.717) is 42.8 Å². The molecule has 1 aromatic heterocycles. The molecule has 22 heavy (non-hydrogen) atoms. The van der Waals surface area contributed by atoms with Crippen LogP contribution in [0.2, 0.25) is 5.02 Å². The first-order valence-electron chi connectivity index (χ1n) is 6.96. The number of benzene rings is 1. The highest BCUT2D eigenvalue weighted by Crippen LogP contribution is 2.18. The topological polar surface area (TPSA) is 67.4 Å². The van der Waals surface area contributed by atoms with Crippen molar-refractivity contribution >= 4 is 29.0 Å². The molecule has 3 rings (SSSR count). The summed E-state index contributed by atoms with van der Waals surface area (Å²) in [5.74, 6) is 0.436. The van der Waals surface area contributed by atoms with Crippen molar-refractivity contribution in [3.05, 3.63) is 47.1 Å². The summed E-state index contributed by atoms with van der Waals surface area (Å²) >= 11 is 5.93. The van der Waals surface area contributed by atoms with Gasteiger partial charge in [-0.05, 0) is 30.3 Å². The molecule has 0 atom stereocenters. The second-order valence-corrected chi connectivity index (χ2v) is 5.28. The van der Waals surface area contributed by atoms with Crippen molar-refractivity contribution in [3.8, 4) is 0 Å². The van der Waals surface area contributed by atoms with Crippen molar-refractivity contribution in [2.45, 2.75) is 0 Å². The van der Waals surface area contributed by atoms with E-state index in [4.69, 9.17) is 16.3 Å². The Balaban J connectivity index is 1.68. The number of nitrogens with one attached hydrogen (secondary N) is 1. The minimum atomic E-state index is -0.120. The van der Waals surface area contributed by atoms with Crippen LogP contribution in [-0.4, -0.2) is 47.3 Å². The summed E-state index contributed by atoms with van der Waals surface area (Å²) in [6.45, 7) is 2.30. The molecular formula is C15H15ClN4O2. The van der Waals surface area contributed by atoms with Gasteiger partial charge in [-0.2, -0.15) is 0 Å². The van der Waals surface area contributed by atoms with Crippen LogP contribution in [0.3, 0.4) is 0 Å². The molecule has 1 aliphatic rings. The van der Waals surface area contributed by atoms with E-state index in [0.717, 1.165) is 5.69 Å². The number of carbonyl (C=O) groups is 1. The molecule has 1 N–H and O–H groups in total. The number of anilines is 2. The summed E-state index contributed by atoms with van der Waals surface area (Å²) in [4.78, 5) is 14.0. The molecule has 2 heterocycles. The summed E-state index contributed by atoms with van der Waals surface area (Å²) in [6.07, 6.45) is 0. The Kier molecular flexibility index (Phi) is 4.50. The van der Waals surface area contributed by atoms with Gasteiger partial charge in [-0.1, -0.05) is 17.7 Å². The van der Waals surface area contributed by atoms with Gasteiger partial charge in [-0.25, -0.2) is 0 Å². The lowest BCUT2D eigenvalue weighted by atomic mass is 10.3. The highest BCUT2D eigenvalue weighted by Gasteiger charge is 2.19. The van der Waals surface area contributed by atoms with Gasteiger partial charge >= 0.3 is 0 Å². The van der Waals surface area contributed by atoms with Gasteiger partial charge in [0.25, 0.3) is 5.91 Å². The minimum absolute atomic E-state index is 0.120. The third-order valence-corrected chi connectivity index (χ3v) is 3.51. The highest BCUT2D eigenvalue weighted by atomic mass is 35.5. The van der Waals surface area contributed by atoms with Crippen molar-refractivity contribution in [1.29, 1.82) is 0 Å². The van der Waals surface area contributed by atoms with Crippen LogP contribution >= 0.6 is 11.6 Å². The van der Waals surface area contributed by atoms with E-state index >= 15 is 0 Å². The Morgan fingerprint density at radius 2 is 2.00 bits per heavy atom. The smallest absolute Gasteiger partial charge is 0.274 e. The first-order valence-corrected chi connectivity index (χ1v) is 7.33. The van der Waals surface area contributed by atoms with Crippen molar-refractivity contribution < 1.29 is 9.53 Å². The van der Waals surface area contributed by atoms with Crippen LogP contribution in [0, 0.1) is 0 Å². The molecular weight excluding hydrogens is 304 g/mol. The molecule has 6 nitrogen and oxygen atoms in total. The van der Waals surface area contributed by atoms with Gasteiger partial charge in [0.15, 0.2) is 11.5 Å². The third-order valence-electron chi connectivity index (χ3n) is 3.28. The molecule has 1 saturated heterocycles. The third kappa shape index (κ3) is 3.52. The van der Waals surface area contributed by atoms with E-state index < -0.39 is 0 Å². The molecule has 1 aromatic carbocycles. The van der Waals surface area contributed by atoms with Crippen LogP contribution in [0.25, 0.3) is 0 Å². The summed E-state index contributed by atoms with van der Waals surface area (Å²) < 4.78 is 5.23. The minimum Gasteiger partial charge on any atom is -0.378 e. The van der Waals surface area contributed by atoms with Gasteiger partial charge in [0, 0.05) is 23.8 Å². The molecule has 2 aromatic rings. The predicted molar refractivity (Wildman–Crippen MR) is 83.5 cm³/mol. The normalized spacial score (nSPS) is 14.7. The molecule has 1 fully saturated rings. The number of carbonyl (C=O) groups excluding carboxylic acids is 1. The molecule has 0 radical (unpaired) electrons. The first-order chi connectivity index (χ1) is 10.7. The van der Waals surface area contributed by atoms with Gasteiger partial charge in [-0.15, -0.1) is 10.2 Å². The van der Waals surface area contributed by atoms with Gasteiger partial charge in [-0.3, -0.25) is 4.79 Å². The van der Waals surface area contributed by atoms with Gasteiger partial charge in [0.1, 0.15) is 0 Å². The van der Waals surface area contributed by atoms with E-state index in [-0.39, 0.29) is 5.91 Å². The van der Waals surface area contributed by atoms with E-state index in [1.54, 1.807) is 29.2 Å². The first kappa shape index (κ1) is 14.7. The average Bonchev–Trinajstić information content (AvgIpc) is 2.56. The molecule has 0 aliphatic carbocycles. The fraction of sp³-hybridized carbons (Fsp3) is 0.267. The molecule has 0 saturated carbocycles. The van der Waals surface area contributed by atoms with Crippen molar-refractivity contribution in [1.82, 2.24) is 15.1 Å². The van der Waals surface area contributed by atoms with Crippen molar-refractivity contribution in [3.63, 3.8) is 0 Å². The molecule has 0 spiro atoms. The number of hydrogen-bond acceptors (Lipinski definition) is 5. The zero-order valence-electron chi connectivity index (χ0n) is 11.8. The number of amides is 1. The molecule has 0 bridgehead atoms. The van der Waals surface area contributed by atoms with E-state index in [2.05, 4.69) is 15.5 Å². The summed E-state index contributed by atoms with van der Waals surface area (Å²) in [7, 11) is 0. The van der Waals surface area contributed by atoms with Gasteiger partial charge in [0.05, 0.1) is 13.2 Å². The average molecular weight is 319 g/mol. The zero-order chi connectivity index (χ0) is 15.4. The number of ether oxygens (including phenoxy) is 1. The van der Waals surface area contributed by atoms with Crippen molar-refractivity contribution in [2.75, 3.05) is 31.6 Å². The fourth-order valence-corrected chi connectivity index (χ4v) is 2.35. The SMILES string of the molecule is O=C(c1ccc(Nc2cccc(Cl)c2)nn1)N1CCOCC1. The Hall–Kier alpha value is -2.18. The Morgan fingerprint density at radius 3 is 2.68 bits per heavy atom. The molecule has 114 valence electrons. The zero-order valence-corrected chi connectivity index (χ0v) is 12.6. The molecule has 7 heteroatoms. The number of halogens is 1. The summed E-state index contributed by atoms with van der Waals surface area (Å²) in [6, 6.07) is 10.7. The van der Waals surface area contributed by atoms with E-state index in [1.165, 1.54) is 0 Å². The number of nitrogens with zero attached hydrogens (tertiary/aromatic N) is 3. The maximum atomic E-state index is 12.2. The lowest BCUT2D eigenvalue weighted by Gasteiger charge is -2.26. The predicted octanol–water partition coefficient (Wildman–Crippen LogP) is 2.35. The van der Waals surface area contributed by atoms with Crippen LogP contribution in [0.15, 0.2) is 36.4 Å². The fourth-order valence-electron chi connectivity index (χ4n) is 2.16. The van der Waals surface area contributed by atoms with Gasteiger partial charge < -0.3 is 15.0 Å². The maximum absolute atomic E-state index is 12.2. The molecule has 1 aliphatic heterocycles. The van der Waals surface area contributed by atoms with Crippen molar-refractivity contribution in [2.24, 2.45) is 0 Å². The monoisotopic (exact) mass is 318 g/mol. The quantitative estimate of drug-likeness (QED) is 0.941. The van der Waals surface area contributed by atoms with Crippen LogP contribution in [-0.2, 0) is 4.74 Å². The van der Waals surface area contributed by atoms with Crippen LogP contribution in [0.4, 0.5) is 11.5 Å². The Bertz CT molecular complexity index is 657. The molecule has 0 unspecified atom stereocenters. The van der Waals surface area contributed by atoms with Gasteiger partial charge in [0.2, 0.25) is 0 Å². The lowest BCUT2D eigenvalue weighted by Crippen LogP contribution is -2.41. The van der Waals surface area contributed by atoms with Crippen LogP contribution in [0.1, 0.15) is 10.5 Å². The second kappa shape index (κ2) is 6.72.